The largest absolute Gasteiger partial charge is 2.00 e. The van der Waals surface area contributed by atoms with Crippen molar-refractivity contribution in [2.45, 2.75) is 69.2 Å². The number of allylic oxidation sites excluding steroid dienone is 8. The Morgan fingerprint density at radius 1 is 0.591 bits per heavy atom. The van der Waals surface area contributed by atoms with Crippen molar-refractivity contribution in [1.82, 2.24) is 0 Å². The van der Waals surface area contributed by atoms with E-state index in [2.05, 4.69) is 81.4 Å². The fourth-order valence-electron chi connectivity index (χ4n) is 2.81. The molecule has 0 fully saturated rings. The van der Waals surface area contributed by atoms with Crippen LogP contribution in [0.25, 0.3) is 0 Å². The third kappa shape index (κ3) is 5.00. The van der Waals surface area contributed by atoms with E-state index in [0.29, 0.717) is 0 Å². The molecule has 0 heterocycles. The second-order valence-corrected chi connectivity index (χ2v) is 7.25. The molecule has 0 atom stereocenters. The maximum absolute atomic E-state index is 3.44. The van der Waals surface area contributed by atoms with Gasteiger partial charge in [0.25, 0.3) is 0 Å². The first-order valence-electron chi connectivity index (χ1n) is 7.50. The molecule has 0 aliphatic heterocycles. The maximum atomic E-state index is 3.44. The van der Waals surface area contributed by atoms with Crippen LogP contribution < -0.4 is 0 Å². The molecule has 22 heavy (non-hydrogen) atoms. The Morgan fingerprint density at radius 2 is 0.818 bits per heavy atom. The Labute approximate surface area is 159 Å². The summed E-state index contributed by atoms with van der Waals surface area (Å²) in [5.74, 6) is 0. The molecule has 129 valence electrons. The predicted octanol–water partition coefficient (Wildman–Crippen LogP) is 6.22. The monoisotopic (exact) mass is 389 g/mol. The van der Waals surface area contributed by atoms with Gasteiger partial charge in [0.2, 0.25) is 0 Å². The Morgan fingerprint density at radius 3 is 0.864 bits per heavy atom. The van der Waals surface area contributed by atoms with Crippen LogP contribution in [0.1, 0.15) is 69.2 Å². The molecule has 0 saturated carbocycles. The van der Waals surface area contributed by atoms with Gasteiger partial charge in [-0.05, 0) is 0 Å². The summed E-state index contributed by atoms with van der Waals surface area (Å²) in [5, 5.41) is 0. The summed E-state index contributed by atoms with van der Waals surface area (Å²) in [4.78, 5) is 0. The van der Waals surface area contributed by atoms with Gasteiger partial charge in [0.05, 0.1) is 0 Å². The van der Waals surface area contributed by atoms with E-state index in [0.717, 1.165) is 0 Å². The molecule has 0 aromatic heterocycles. The summed E-state index contributed by atoms with van der Waals surface area (Å²) in [7, 11) is 0. The smallest absolute Gasteiger partial charge is 0.263 e. The van der Waals surface area contributed by atoms with Gasteiger partial charge in [-0.25, -0.2) is 11.1 Å². The molecular weight excluding hydrogens is 360 g/mol. The van der Waals surface area contributed by atoms with E-state index in [1.807, 2.05) is 0 Å². The van der Waals surface area contributed by atoms with Gasteiger partial charge in [-0.2, -0.15) is 22.3 Å². The van der Waals surface area contributed by atoms with Gasteiger partial charge in [0, 0.05) is 17.1 Å². The average Bonchev–Trinajstić information content (AvgIpc) is 2.60. The number of hydrogen-bond acceptors (Lipinski definition) is 0. The van der Waals surface area contributed by atoms with Crippen molar-refractivity contribution < 1.29 is 34.1 Å². The van der Waals surface area contributed by atoms with Crippen LogP contribution in [0.2, 0.25) is 0 Å². The standard InChI is InChI=1S/2C10H15.Cu.Fe/c2*1-7-6-10(4,5)9(3)8(7)2;;/h2*1-5H3;;/q2*-1;;+2. The maximum Gasteiger partial charge on any atom is 2.00 e. The van der Waals surface area contributed by atoms with Gasteiger partial charge < -0.3 is 0 Å². The van der Waals surface area contributed by atoms with E-state index in [1.165, 1.54) is 33.4 Å². The van der Waals surface area contributed by atoms with Crippen LogP contribution in [-0.4, -0.2) is 0 Å². The Hall–Kier alpha value is -0.00104. The predicted molar refractivity (Wildman–Crippen MR) is 89.2 cm³/mol. The van der Waals surface area contributed by atoms with E-state index in [4.69, 9.17) is 0 Å². The van der Waals surface area contributed by atoms with Gasteiger partial charge >= 0.3 is 17.1 Å². The van der Waals surface area contributed by atoms with Crippen molar-refractivity contribution in [3.63, 3.8) is 0 Å². The molecule has 0 saturated heterocycles. The molecule has 0 unspecified atom stereocenters. The quantitative estimate of drug-likeness (QED) is 0.341. The molecule has 0 aromatic rings. The minimum Gasteiger partial charge on any atom is -0.263 e. The van der Waals surface area contributed by atoms with E-state index in [9.17, 15) is 0 Å². The Kier molecular flexibility index (Phi) is 9.04. The summed E-state index contributed by atoms with van der Waals surface area (Å²) in [6.07, 6.45) is 6.87. The summed E-state index contributed by atoms with van der Waals surface area (Å²) in [5.41, 5.74) is 8.79. The van der Waals surface area contributed by atoms with E-state index in [1.54, 1.807) is 0 Å². The summed E-state index contributed by atoms with van der Waals surface area (Å²) in [6.45, 7) is 21.8. The topological polar surface area (TPSA) is 0 Å². The minimum atomic E-state index is 0. The summed E-state index contributed by atoms with van der Waals surface area (Å²) >= 11 is 0. The molecule has 0 aromatic carbocycles. The molecule has 0 spiro atoms. The SMILES string of the molecule is CC1=[C-]C(C)(C)C(C)=C1C.CC1=[C-]C(C)(C)C(C)=C1C.[Cu].[Fe+2]. The van der Waals surface area contributed by atoms with Crippen LogP contribution in [0.15, 0.2) is 33.4 Å². The van der Waals surface area contributed by atoms with Gasteiger partial charge in [0.15, 0.2) is 0 Å². The van der Waals surface area contributed by atoms with E-state index in [-0.39, 0.29) is 45.0 Å². The molecule has 0 nitrogen and oxygen atoms in total. The Bertz CT molecular complexity index is 490. The van der Waals surface area contributed by atoms with Crippen molar-refractivity contribution in [1.29, 1.82) is 0 Å². The molecule has 2 rings (SSSR count). The second kappa shape index (κ2) is 8.20. The fourth-order valence-corrected chi connectivity index (χ4v) is 2.81. The van der Waals surface area contributed by atoms with Crippen molar-refractivity contribution >= 4 is 0 Å². The van der Waals surface area contributed by atoms with Crippen molar-refractivity contribution in [3.05, 3.63) is 45.6 Å². The van der Waals surface area contributed by atoms with Gasteiger partial charge in [-0.15, -0.1) is 13.8 Å². The van der Waals surface area contributed by atoms with Gasteiger partial charge in [-0.3, -0.25) is 12.2 Å². The van der Waals surface area contributed by atoms with Crippen LogP contribution in [0.5, 0.6) is 0 Å². The molecule has 2 heteroatoms. The zero-order valence-corrected chi connectivity index (χ0v) is 17.7. The third-order valence-corrected chi connectivity index (χ3v) is 5.12. The summed E-state index contributed by atoms with van der Waals surface area (Å²) in [6, 6.07) is 0. The number of hydrogen-bond donors (Lipinski definition) is 0. The van der Waals surface area contributed by atoms with Crippen molar-refractivity contribution in [2.75, 3.05) is 0 Å². The first-order valence-corrected chi connectivity index (χ1v) is 7.50. The molecular formula is C20H30CuFe. The van der Waals surface area contributed by atoms with Crippen LogP contribution in [0.4, 0.5) is 0 Å². The van der Waals surface area contributed by atoms with Crippen LogP contribution >= 0.6 is 0 Å². The minimum absolute atomic E-state index is 0. The molecule has 0 amide bonds. The van der Waals surface area contributed by atoms with Crippen LogP contribution in [0, 0.1) is 23.0 Å². The van der Waals surface area contributed by atoms with E-state index >= 15 is 0 Å². The molecule has 2 aliphatic rings. The van der Waals surface area contributed by atoms with Crippen LogP contribution in [0.3, 0.4) is 0 Å². The molecule has 0 N–H and O–H groups in total. The average molecular weight is 390 g/mol. The zero-order valence-electron chi connectivity index (χ0n) is 15.7. The fraction of sp³-hybridized carbons (Fsp3) is 0.600. The first kappa shape index (κ1) is 24.3. The van der Waals surface area contributed by atoms with Gasteiger partial charge in [-0.1, -0.05) is 66.2 Å². The second-order valence-electron chi connectivity index (χ2n) is 7.25. The zero-order chi connectivity index (χ0) is 15.9. The normalized spacial score (nSPS) is 21.4. The van der Waals surface area contributed by atoms with Crippen molar-refractivity contribution in [2.24, 2.45) is 10.8 Å². The summed E-state index contributed by atoms with van der Waals surface area (Å²) < 4.78 is 0. The molecule has 1 radical (unpaired) electrons. The third-order valence-electron chi connectivity index (χ3n) is 5.12. The van der Waals surface area contributed by atoms with Gasteiger partial charge in [0.1, 0.15) is 0 Å². The molecule has 0 bridgehead atoms. The Balaban J connectivity index is 0. The first-order chi connectivity index (χ1) is 8.90. The number of rotatable bonds is 0. The van der Waals surface area contributed by atoms with Crippen LogP contribution in [-0.2, 0) is 34.1 Å². The van der Waals surface area contributed by atoms with E-state index < -0.39 is 0 Å². The van der Waals surface area contributed by atoms with Crippen molar-refractivity contribution in [3.8, 4) is 0 Å². The molecule has 2 aliphatic carbocycles.